The first-order valence-corrected chi connectivity index (χ1v) is 20.4. The van der Waals surface area contributed by atoms with E-state index in [2.05, 4.69) is 64.4 Å². The third kappa shape index (κ3) is 7.69. The van der Waals surface area contributed by atoms with Gasteiger partial charge in [0.25, 0.3) is 0 Å². The number of anilines is 1. The summed E-state index contributed by atoms with van der Waals surface area (Å²) in [5, 5.41) is 22.0. The van der Waals surface area contributed by atoms with Crippen molar-refractivity contribution in [3.8, 4) is 22.6 Å². The van der Waals surface area contributed by atoms with Crippen LogP contribution in [0.5, 0.6) is 11.5 Å². The molecule has 292 valence electrons. The van der Waals surface area contributed by atoms with Gasteiger partial charge in [0, 0.05) is 67.9 Å². The van der Waals surface area contributed by atoms with Crippen molar-refractivity contribution < 1.29 is 23.9 Å². The van der Waals surface area contributed by atoms with Crippen LogP contribution in [0.15, 0.2) is 84.9 Å². The predicted octanol–water partition coefficient (Wildman–Crippen LogP) is 6.57. The van der Waals surface area contributed by atoms with Crippen LogP contribution in [0.1, 0.15) is 40.3 Å². The number of aromatic amines is 1. The molecule has 1 unspecified atom stereocenters. The quantitative estimate of drug-likeness (QED) is 0.104. The van der Waals surface area contributed by atoms with E-state index in [-0.39, 0.29) is 6.61 Å². The molecule has 8 rings (SSSR count). The van der Waals surface area contributed by atoms with Crippen LogP contribution in [0.2, 0.25) is 0 Å². The van der Waals surface area contributed by atoms with E-state index in [4.69, 9.17) is 14.6 Å². The maximum Gasteiger partial charge on any atom is 0.352 e. The molecule has 1 saturated heterocycles. The highest BCUT2D eigenvalue weighted by Gasteiger charge is 2.29. The number of nitrogens with one attached hydrogen (secondary N) is 1. The van der Waals surface area contributed by atoms with Crippen molar-refractivity contribution in [2.24, 2.45) is 0 Å². The predicted molar refractivity (Wildman–Crippen MR) is 222 cm³/mol. The van der Waals surface area contributed by atoms with Crippen molar-refractivity contribution in [1.29, 1.82) is 0 Å². The lowest BCUT2D eigenvalue weighted by atomic mass is 9.97. The Morgan fingerprint density at radius 3 is 2.45 bits per heavy atom. The normalized spacial score (nSPS) is 16.0. The smallest absolute Gasteiger partial charge is 0.352 e. The van der Waals surface area contributed by atoms with Gasteiger partial charge in [0.15, 0.2) is 0 Å². The zero-order valence-corrected chi connectivity index (χ0v) is 33.1. The number of hydrogen-bond donors (Lipinski definition) is 2. The Bertz CT molecular complexity index is 2310. The molecule has 0 bridgehead atoms. The number of H-pyrrole nitrogens is 1. The number of aryl methyl sites for hydroxylation is 2. The van der Waals surface area contributed by atoms with Gasteiger partial charge in [0.05, 0.1) is 30.9 Å². The maximum atomic E-state index is 13.1. The monoisotopic (exact) mass is 775 g/mol. The number of ether oxygens (including phenoxy) is 2. The Hall–Kier alpha value is -5.05. The van der Waals surface area contributed by atoms with Crippen molar-refractivity contribution in [3.63, 3.8) is 0 Å². The SMILES string of the molecule is CN1CCCn2c(C(=O)O)c(CCCOc3cccc4ccccc34)c3cccc(c32)-c2c(COc3ccc(N4CCN([S+]([O-])N(C)C)CC4)cc3)n[nH]c2C1. The van der Waals surface area contributed by atoms with Gasteiger partial charge in [-0.1, -0.05) is 54.6 Å². The molecule has 2 N–H and O–H groups in total. The summed E-state index contributed by atoms with van der Waals surface area (Å²) in [6.07, 6.45) is 2.03. The third-order valence-corrected chi connectivity index (χ3v) is 12.3. The number of carboxylic acid groups (broad SMARTS) is 1. The standard InChI is InChI=1S/C43H49N7O5S/c1-46(2)56(53)49-25-23-48(24-26-49)31-17-19-32(20-18-31)55-29-38-40-36-14-7-13-34-35(15-8-27-54-39-16-6-11-30-10-4-5-12-33(30)39)42(43(51)52)50(41(34)36)22-9-21-47(3)28-37(40)44-45-38/h4-7,10-14,16-20H,8-9,15,21-29H2,1-3H3,(H,44,45)(H,51,52). The lowest BCUT2D eigenvalue weighted by Crippen LogP contribution is -2.51. The van der Waals surface area contributed by atoms with Crippen molar-refractivity contribution in [2.75, 3.05) is 65.4 Å². The second kappa shape index (κ2) is 16.6. The molecule has 13 heteroatoms. The summed E-state index contributed by atoms with van der Waals surface area (Å²) >= 11 is -1.12. The number of benzene rings is 4. The number of carboxylic acids is 1. The molecule has 56 heavy (non-hydrogen) atoms. The molecular weight excluding hydrogens is 727 g/mol. The van der Waals surface area contributed by atoms with Gasteiger partial charge < -0.3 is 33.5 Å². The summed E-state index contributed by atoms with van der Waals surface area (Å²) in [7, 11) is 5.75. The van der Waals surface area contributed by atoms with Crippen LogP contribution in [-0.4, -0.2) is 104 Å². The van der Waals surface area contributed by atoms with Crippen LogP contribution in [0.4, 0.5) is 5.69 Å². The molecule has 1 atom stereocenters. The highest BCUT2D eigenvalue weighted by Crippen LogP contribution is 2.39. The Kier molecular flexibility index (Phi) is 11.2. The first kappa shape index (κ1) is 37.9. The molecule has 2 aliphatic heterocycles. The molecular formula is C43H49N7O5S. The van der Waals surface area contributed by atoms with Crippen molar-refractivity contribution in [3.05, 3.63) is 108 Å². The van der Waals surface area contributed by atoms with Gasteiger partial charge in [-0.15, -0.1) is 8.61 Å². The fraction of sp³-hybridized carbons (Fsp3) is 0.349. The lowest BCUT2D eigenvalue weighted by molar-refractivity contribution is 0.0683. The molecule has 0 saturated carbocycles. The highest BCUT2D eigenvalue weighted by atomic mass is 32.2. The molecule has 0 aliphatic carbocycles. The first-order valence-electron chi connectivity index (χ1n) is 19.3. The average Bonchev–Trinajstić information content (AvgIpc) is 3.76. The van der Waals surface area contributed by atoms with Crippen LogP contribution in [-0.2, 0) is 37.7 Å². The van der Waals surface area contributed by atoms with Gasteiger partial charge in [0.1, 0.15) is 41.0 Å². The minimum atomic E-state index is -1.12. The number of piperazine rings is 1. The zero-order chi connectivity index (χ0) is 38.8. The largest absolute Gasteiger partial charge is 0.578 e. The molecule has 6 aromatic rings. The van der Waals surface area contributed by atoms with Crippen LogP contribution in [0, 0.1) is 0 Å². The molecule has 1 fully saturated rings. The Morgan fingerprint density at radius 1 is 0.911 bits per heavy atom. The van der Waals surface area contributed by atoms with Crippen molar-refractivity contribution in [2.45, 2.75) is 39.0 Å². The second-order valence-electron chi connectivity index (χ2n) is 14.8. The number of aromatic nitrogens is 3. The summed E-state index contributed by atoms with van der Waals surface area (Å²) in [5.74, 6) is 0.644. The summed E-state index contributed by atoms with van der Waals surface area (Å²) in [5.41, 5.74) is 6.84. The number of nitrogens with zero attached hydrogens (tertiary/aromatic N) is 6. The maximum absolute atomic E-state index is 13.1. The van der Waals surface area contributed by atoms with Gasteiger partial charge in [-0.2, -0.15) is 5.10 Å². The van der Waals surface area contributed by atoms with Gasteiger partial charge in [-0.05, 0) is 74.1 Å². The van der Waals surface area contributed by atoms with Crippen LogP contribution < -0.4 is 14.4 Å². The summed E-state index contributed by atoms with van der Waals surface area (Å²) in [6, 6.07) is 28.5. The van der Waals surface area contributed by atoms with Crippen LogP contribution >= 0.6 is 0 Å². The summed E-state index contributed by atoms with van der Waals surface area (Å²) in [4.78, 5) is 17.7. The Morgan fingerprint density at radius 2 is 1.66 bits per heavy atom. The van der Waals surface area contributed by atoms with E-state index < -0.39 is 17.5 Å². The fourth-order valence-corrected chi connectivity index (χ4v) is 9.14. The van der Waals surface area contributed by atoms with Crippen molar-refractivity contribution >= 4 is 44.9 Å². The molecule has 4 aromatic carbocycles. The average molecular weight is 776 g/mol. The lowest BCUT2D eigenvalue weighted by Gasteiger charge is -2.36. The molecule has 0 spiro atoms. The van der Waals surface area contributed by atoms with Gasteiger partial charge in [0.2, 0.25) is 0 Å². The minimum absolute atomic E-state index is 0.241. The van der Waals surface area contributed by atoms with E-state index in [0.29, 0.717) is 38.2 Å². The van der Waals surface area contributed by atoms with E-state index >= 15 is 0 Å². The van der Waals surface area contributed by atoms with Crippen LogP contribution in [0.25, 0.3) is 32.8 Å². The number of hydrogen-bond acceptors (Lipinski definition) is 9. The third-order valence-electron chi connectivity index (χ3n) is 10.9. The first-order chi connectivity index (χ1) is 27.3. The van der Waals surface area contributed by atoms with E-state index in [1.54, 1.807) is 4.31 Å². The van der Waals surface area contributed by atoms with E-state index in [1.807, 2.05) is 65.4 Å². The van der Waals surface area contributed by atoms with Gasteiger partial charge in [-0.3, -0.25) is 5.10 Å². The molecule has 2 aromatic heterocycles. The van der Waals surface area contributed by atoms with Gasteiger partial charge in [-0.25, -0.2) is 4.79 Å². The number of carbonyl (C=O) groups is 1. The van der Waals surface area contributed by atoms with E-state index in [0.717, 1.165) is 106 Å². The molecule has 2 aliphatic rings. The van der Waals surface area contributed by atoms with Crippen molar-refractivity contribution in [1.82, 2.24) is 28.3 Å². The van der Waals surface area contributed by atoms with Gasteiger partial charge >= 0.3 is 5.97 Å². The number of aromatic carboxylic acids is 1. The molecule has 0 amide bonds. The van der Waals surface area contributed by atoms with Crippen LogP contribution in [0.3, 0.4) is 0 Å². The minimum Gasteiger partial charge on any atom is -0.578 e. The topological polar surface area (TPSA) is 125 Å². The Balaban J connectivity index is 1.04. The highest BCUT2D eigenvalue weighted by molar-refractivity contribution is 7.86. The second-order valence-corrected chi connectivity index (χ2v) is 16.5. The fourth-order valence-electron chi connectivity index (χ4n) is 8.20. The zero-order valence-electron chi connectivity index (χ0n) is 32.2. The number of rotatable bonds is 12. The number of fused-ring (bicyclic) bond motifs is 3. The van der Waals surface area contributed by atoms with E-state index in [1.165, 1.54) is 0 Å². The number of para-hydroxylation sites is 1. The Labute approximate surface area is 330 Å². The molecule has 12 nitrogen and oxygen atoms in total. The molecule has 0 radical (unpaired) electrons. The summed E-state index contributed by atoms with van der Waals surface area (Å²) in [6.45, 7) is 5.82. The van der Waals surface area contributed by atoms with E-state index in [9.17, 15) is 14.5 Å². The summed E-state index contributed by atoms with van der Waals surface area (Å²) < 4.78 is 30.9. The molecule has 4 heterocycles.